The zero-order valence-corrected chi connectivity index (χ0v) is 10.3. The summed E-state index contributed by atoms with van der Waals surface area (Å²) in [6.07, 6.45) is 1.63. The van der Waals surface area contributed by atoms with Gasteiger partial charge in [0.25, 0.3) is 0 Å². The highest BCUT2D eigenvalue weighted by Crippen LogP contribution is 2.19. The second kappa shape index (κ2) is 4.89. The highest BCUT2D eigenvalue weighted by atomic mass is 32.2. The van der Waals surface area contributed by atoms with Gasteiger partial charge in [0.2, 0.25) is 5.91 Å². The molecular weight excluding hydrogens is 257 g/mol. The predicted molar refractivity (Wildman–Crippen MR) is 66.1 cm³/mol. The van der Waals surface area contributed by atoms with Crippen LogP contribution in [0.4, 0.5) is 10.1 Å². The normalized spacial score (nSPS) is 20.8. The van der Waals surface area contributed by atoms with Gasteiger partial charge in [0.1, 0.15) is 5.82 Å². The van der Waals surface area contributed by atoms with E-state index in [1.807, 2.05) is 0 Å². The highest BCUT2D eigenvalue weighted by Gasteiger charge is 2.23. The SMILES string of the molecule is O=C(CC1C=CS(=O)(=O)C1)Nc1ccc(F)cc1. The first-order chi connectivity index (χ1) is 8.44. The largest absolute Gasteiger partial charge is 0.326 e. The number of anilines is 1. The molecule has 0 radical (unpaired) electrons. The molecule has 0 saturated heterocycles. The van der Waals surface area contributed by atoms with Gasteiger partial charge in [-0.25, -0.2) is 12.8 Å². The van der Waals surface area contributed by atoms with Crippen molar-refractivity contribution in [2.24, 2.45) is 5.92 Å². The molecule has 96 valence electrons. The maximum atomic E-state index is 12.6. The van der Waals surface area contributed by atoms with Gasteiger partial charge < -0.3 is 5.32 Å². The van der Waals surface area contributed by atoms with E-state index in [2.05, 4.69) is 5.32 Å². The van der Waals surface area contributed by atoms with Gasteiger partial charge in [-0.3, -0.25) is 4.79 Å². The first-order valence-corrected chi connectivity index (χ1v) is 7.12. The Morgan fingerprint density at radius 3 is 2.56 bits per heavy atom. The summed E-state index contributed by atoms with van der Waals surface area (Å²) in [5.74, 6) is -0.967. The van der Waals surface area contributed by atoms with Crippen molar-refractivity contribution in [3.63, 3.8) is 0 Å². The molecule has 1 aliphatic rings. The smallest absolute Gasteiger partial charge is 0.224 e. The fourth-order valence-corrected chi connectivity index (χ4v) is 3.15. The first kappa shape index (κ1) is 12.8. The number of sulfone groups is 1. The van der Waals surface area contributed by atoms with E-state index in [4.69, 9.17) is 0 Å². The number of halogens is 1. The summed E-state index contributed by atoms with van der Waals surface area (Å²) in [4.78, 5) is 11.6. The van der Waals surface area contributed by atoms with Crippen molar-refractivity contribution in [3.8, 4) is 0 Å². The second-order valence-corrected chi connectivity index (χ2v) is 6.11. The molecule has 0 aromatic heterocycles. The van der Waals surface area contributed by atoms with E-state index in [-0.39, 0.29) is 29.8 Å². The van der Waals surface area contributed by atoms with E-state index in [1.54, 1.807) is 0 Å². The highest BCUT2D eigenvalue weighted by molar-refractivity contribution is 7.94. The van der Waals surface area contributed by atoms with Crippen LogP contribution in [-0.4, -0.2) is 20.1 Å². The Morgan fingerprint density at radius 1 is 1.33 bits per heavy atom. The van der Waals surface area contributed by atoms with E-state index in [9.17, 15) is 17.6 Å². The molecule has 1 atom stereocenters. The van der Waals surface area contributed by atoms with Crippen molar-refractivity contribution < 1.29 is 17.6 Å². The molecule has 1 unspecified atom stereocenters. The van der Waals surface area contributed by atoms with Gasteiger partial charge in [-0.05, 0) is 24.3 Å². The fraction of sp³-hybridized carbons (Fsp3) is 0.250. The monoisotopic (exact) mass is 269 g/mol. The Hall–Kier alpha value is -1.69. The molecule has 2 rings (SSSR count). The van der Waals surface area contributed by atoms with Gasteiger partial charge in [-0.1, -0.05) is 6.08 Å². The lowest BCUT2D eigenvalue weighted by Crippen LogP contribution is -2.17. The van der Waals surface area contributed by atoms with E-state index in [1.165, 1.54) is 30.3 Å². The van der Waals surface area contributed by atoms with Crippen LogP contribution < -0.4 is 5.32 Å². The number of hydrogen-bond acceptors (Lipinski definition) is 3. The molecular formula is C12H12FNO3S. The molecule has 0 saturated carbocycles. The van der Waals surface area contributed by atoms with Crippen molar-refractivity contribution in [2.75, 3.05) is 11.1 Å². The number of carbonyl (C=O) groups is 1. The molecule has 6 heteroatoms. The van der Waals surface area contributed by atoms with Crippen molar-refractivity contribution in [3.05, 3.63) is 41.6 Å². The minimum Gasteiger partial charge on any atom is -0.326 e. The summed E-state index contributed by atoms with van der Waals surface area (Å²) >= 11 is 0. The molecule has 18 heavy (non-hydrogen) atoms. The van der Waals surface area contributed by atoms with E-state index < -0.39 is 9.84 Å². The number of nitrogens with one attached hydrogen (secondary N) is 1. The van der Waals surface area contributed by atoms with Gasteiger partial charge in [0.05, 0.1) is 5.75 Å². The second-order valence-electron chi connectivity index (χ2n) is 4.18. The first-order valence-electron chi connectivity index (χ1n) is 5.41. The average molecular weight is 269 g/mol. The minimum atomic E-state index is -3.13. The lowest BCUT2D eigenvalue weighted by atomic mass is 10.1. The lowest BCUT2D eigenvalue weighted by Gasteiger charge is -2.08. The number of rotatable bonds is 3. The Labute approximate surface area is 104 Å². The summed E-state index contributed by atoms with van der Waals surface area (Å²) in [7, 11) is -3.13. The maximum absolute atomic E-state index is 12.6. The van der Waals surface area contributed by atoms with Crippen LogP contribution in [0.3, 0.4) is 0 Å². The number of amides is 1. The quantitative estimate of drug-likeness (QED) is 0.908. The molecule has 1 heterocycles. The van der Waals surface area contributed by atoms with Crippen LogP contribution in [0, 0.1) is 11.7 Å². The molecule has 0 fully saturated rings. The van der Waals surface area contributed by atoms with Crippen LogP contribution in [0.25, 0.3) is 0 Å². The average Bonchev–Trinajstić information content (AvgIpc) is 2.61. The molecule has 0 spiro atoms. The van der Waals surface area contributed by atoms with Gasteiger partial charge in [0, 0.05) is 23.4 Å². The van der Waals surface area contributed by atoms with Crippen molar-refractivity contribution >= 4 is 21.4 Å². The van der Waals surface area contributed by atoms with Gasteiger partial charge >= 0.3 is 0 Å². The molecule has 1 aromatic carbocycles. The topological polar surface area (TPSA) is 63.2 Å². The standard InChI is InChI=1S/C12H12FNO3S/c13-10-1-3-11(4-2-10)14-12(15)7-9-5-6-18(16,17)8-9/h1-6,9H,7-8H2,(H,14,15). The van der Waals surface area contributed by atoms with E-state index >= 15 is 0 Å². The van der Waals surface area contributed by atoms with Crippen LogP contribution in [0.5, 0.6) is 0 Å². The van der Waals surface area contributed by atoms with Crippen LogP contribution in [-0.2, 0) is 14.6 Å². The van der Waals surface area contributed by atoms with Gasteiger partial charge in [-0.2, -0.15) is 0 Å². The number of hydrogen-bond donors (Lipinski definition) is 1. The number of carbonyl (C=O) groups excluding carboxylic acids is 1. The van der Waals surface area contributed by atoms with Crippen LogP contribution >= 0.6 is 0 Å². The van der Waals surface area contributed by atoms with E-state index in [0.29, 0.717) is 5.69 Å². The predicted octanol–water partition coefficient (Wildman–Crippen LogP) is 1.71. The van der Waals surface area contributed by atoms with E-state index in [0.717, 1.165) is 5.41 Å². The third-order valence-corrected chi connectivity index (χ3v) is 4.04. The molecule has 0 bridgehead atoms. The Kier molecular flexibility index (Phi) is 3.47. The Balaban J connectivity index is 1.90. The Bertz CT molecular complexity index is 578. The minimum absolute atomic E-state index is 0.0240. The maximum Gasteiger partial charge on any atom is 0.224 e. The molecule has 1 aromatic rings. The fourth-order valence-electron chi connectivity index (χ4n) is 1.75. The van der Waals surface area contributed by atoms with Crippen molar-refractivity contribution in [2.45, 2.75) is 6.42 Å². The summed E-state index contributed by atoms with van der Waals surface area (Å²) in [6.45, 7) is 0. The summed E-state index contributed by atoms with van der Waals surface area (Å²) < 4.78 is 35.0. The molecule has 1 N–H and O–H groups in total. The summed E-state index contributed by atoms with van der Waals surface area (Å²) in [6, 6.07) is 5.40. The zero-order valence-electron chi connectivity index (χ0n) is 9.47. The zero-order chi connectivity index (χ0) is 13.2. The Morgan fingerprint density at radius 2 is 2.00 bits per heavy atom. The molecule has 1 aliphatic heterocycles. The number of allylic oxidation sites excluding steroid dienone is 1. The molecule has 4 nitrogen and oxygen atoms in total. The van der Waals surface area contributed by atoms with Crippen LogP contribution in [0.15, 0.2) is 35.7 Å². The number of benzene rings is 1. The van der Waals surface area contributed by atoms with Gasteiger partial charge in [-0.15, -0.1) is 0 Å². The summed E-state index contributed by atoms with van der Waals surface area (Å²) in [5, 5.41) is 3.73. The molecule has 1 amide bonds. The van der Waals surface area contributed by atoms with Crippen LogP contribution in [0.1, 0.15) is 6.42 Å². The summed E-state index contributed by atoms with van der Waals surface area (Å²) in [5.41, 5.74) is 0.492. The lowest BCUT2D eigenvalue weighted by molar-refractivity contribution is -0.116. The molecule has 0 aliphatic carbocycles. The van der Waals surface area contributed by atoms with Crippen molar-refractivity contribution in [1.82, 2.24) is 0 Å². The third kappa shape index (κ3) is 3.40. The third-order valence-electron chi connectivity index (χ3n) is 2.58. The van der Waals surface area contributed by atoms with Crippen LogP contribution in [0.2, 0.25) is 0 Å². The van der Waals surface area contributed by atoms with Gasteiger partial charge in [0.15, 0.2) is 9.84 Å². The van der Waals surface area contributed by atoms with Crippen molar-refractivity contribution in [1.29, 1.82) is 0 Å².